The maximum absolute atomic E-state index is 9.68. The van der Waals surface area contributed by atoms with Gasteiger partial charge in [0.2, 0.25) is 0 Å². The van der Waals surface area contributed by atoms with E-state index in [1.54, 1.807) is 6.41 Å². The molecular weight excluding hydrogens is 142 g/mol. The molecule has 0 aromatic heterocycles. The summed E-state index contributed by atoms with van der Waals surface area (Å²) in [6.45, 7) is 1.46. The average molecular weight is 157 g/mol. The Morgan fingerprint density at radius 1 is 1.27 bits per heavy atom. The van der Waals surface area contributed by atoms with Crippen LogP contribution in [0.3, 0.4) is 0 Å². The Bertz CT molecular complexity index is 86.2. The number of carbonyl (C=O) groups excluding carboxylic acids is 1. The van der Waals surface area contributed by atoms with E-state index in [4.69, 9.17) is 0 Å². The molecule has 64 valence electrons. The second-order valence-electron chi connectivity index (χ2n) is 2.35. The molecule has 0 rings (SSSR count). The first kappa shape index (κ1) is 10.4. The Hall–Kier alpha value is -0.570. The maximum Gasteiger partial charge on any atom is 0.309 e. The van der Waals surface area contributed by atoms with Crippen molar-refractivity contribution in [1.82, 2.24) is 5.32 Å². The van der Waals surface area contributed by atoms with Crippen LogP contribution < -0.4 is 5.32 Å². The zero-order valence-electron chi connectivity index (χ0n) is 6.77. The van der Waals surface area contributed by atoms with E-state index in [-0.39, 0.29) is 0 Å². The van der Waals surface area contributed by atoms with Gasteiger partial charge >= 0.3 is 6.41 Å². The zero-order valence-corrected chi connectivity index (χ0v) is 6.77. The highest BCUT2D eigenvalue weighted by atomic mass is 16.5. The summed E-state index contributed by atoms with van der Waals surface area (Å²) in [5.41, 5.74) is 0. The van der Waals surface area contributed by atoms with Gasteiger partial charge < -0.3 is 10.1 Å². The Morgan fingerprint density at radius 3 is 2.64 bits per heavy atom. The summed E-state index contributed by atoms with van der Waals surface area (Å²) in [4.78, 5) is 9.68. The standard InChI is InChI=1S/C8H15NO2/c1-11-7-5-3-2-4-6-9-8-10/h1-7H2,(H,9,10). The number of ether oxygens (including phenoxy) is 1. The van der Waals surface area contributed by atoms with Crippen molar-refractivity contribution in [3.8, 4) is 0 Å². The normalized spacial score (nSPS) is 9.55. The summed E-state index contributed by atoms with van der Waals surface area (Å²) in [6, 6.07) is 0. The van der Waals surface area contributed by atoms with Gasteiger partial charge in [-0.3, -0.25) is 4.79 Å². The lowest BCUT2D eigenvalue weighted by atomic mass is 10.2. The molecule has 1 amide bonds. The summed E-state index contributed by atoms with van der Waals surface area (Å²) in [6.07, 6.45) is 5.96. The van der Waals surface area contributed by atoms with E-state index in [0.29, 0.717) is 0 Å². The van der Waals surface area contributed by atoms with Gasteiger partial charge in [0.15, 0.2) is 0 Å². The number of nitrogens with one attached hydrogen (secondary N) is 1. The zero-order chi connectivity index (χ0) is 8.36. The highest BCUT2D eigenvalue weighted by molar-refractivity contribution is 5.46. The molecule has 2 radical (unpaired) electrons. The van der Waals surface area contributed by atoms with Crippen LogP contribution in [0.15, 0.2) is 0 Å². The molecule has 0 heterocycles. The molecule has 3 heteroatoms. The van der Waals surface area contributed by atoms with Gasteiger partial charge in [0.25, 0.3) is 0 Å². The smallest absolute Gasteiger partial charge is 0.309 e. The van der Waals surface area contributed by atoms with E-state index < -0.39 is 0 Å². The van der Waals surface area contributed by atoms with Crippen LogP contribution in [0.2, 0.25) is 0 Å². The molecule has 0 aromatic carbocycles. The Kier molecular flexibility index (Phi) is 8.94. The van der Waals surface area contributed by atoms with Crippen molar-refractivity contribution in [2.24, 2.45) is 0 Å². The van der Waals surface area contributed by atoms with Gasteiger partial charge in [-0.1, -0.05) is 12.8 Å². The van der Waals surface area contributed by atoms with Gasteiger partial charge in [0, 0.05) is 13.2 Å². The average Bonchev–Trinajstić information content (AvgIpc) is 2.03. The second-order valence-corrected chi connectivity index (χ2v) is 2.35. The van der Waals surface area contributed by atoms with Crippen LogP contribution in [0.4, 0.5) is 0 Å². The fourth-order valence-electron chi connectivity index (χ4n) is 0.822. The van der Waals surface area contributed by atoms with Gasteiger partial charge in [-0.15, -0.1) is 0 Å². The van der Waals surface area contributed by atoms with Gasteiger partial charge in [0.05, 0.1) is 7.11 Å². The summed E-state index contributed by atoms with van der Waals surface area (Å²) < 4.78 is 4.64. The third-order valence-electron chi connectivity index (χ3n) is 1.41. The molecule has 3 nitrogen and oxygen atoms in total. The van der Waals surface area contributed by atoms with E-state index in [0.717, 1.165) is 38.8 Å². The number of unbranched alkanes of at least 4 members (excludes halogenated alkanes) is 3. The molecule has 0 aliphatic heterocycles. The van der Waals surface area contributed by atoms with Crippen LogP contribution in [0.1, 0.15) is 25.7 Å². The predicted molar refractivity (Wildman–Crippen MR) is 43.5 cm³/mol. The van der Waals surface area contributed by atoms with Crippen molar-refractivity contribution in [3.63, 3.8) is 0 Å². The first-order valence-electron chi connectivity index (χ1n) is 3.89. The van der Waals surface area contributed by atoms with Crippen molar-refractivity contribution in [2.45, 2.75) is 25.7 Å². The maximum atomic E-state index is 9.68. The quantitative estimate of drug-likeness (QED) is 0.422. The van der Waals surface area contributed by atoms with Crippen molar-refractivity contribution >= 4 is 6.41 Å². The summed E-state index contributed by atoms with van der Waals surface area (Å²) >= 11 is 0. The van der Waals surface area contributed by atoms with Crippen LogP contribution in [0, 0.1) is 7.11 Å². The third-order valence-corrected chi connectivity index (χ3v) is 1.41. The molecule has 1 N–H and O–H groups in total. The van der Waals surface area contributed by atoms with Crippen molar-refractivity contribution in [2.75, 3.05) is 13.2 Å². The minimum atomic E-state index is 0.729. The van der Waals surface area contributed by atoms with Crippen LogP contribution in [-0.4, -0.2) is 19.6 Å². The predicted octanol–water partition coefficient (Wildman–Crippen LogP) is 1.01. The van der Waals surface area contributed by atoms with Crippen LogP contribution >= 0.6 is 0 Å². The number of hydrogen-bond acceptors (Lipinski definition) is 2. The van der Waals surface area contributed by atoms with Crippen molar-refractivity contribution in [3.05, 3.63) is 7.11 Å². The number of rotatable bonds is 8. The Balaban J connectivity index is 2.74. The van der Waals surface area contributed by atoms with Crippen LogP contribution in [0.5, 0.6) is 0 Å². The minimum absolute atomic E-state index is 0.729. The Morgan fingerprint density at radius 2 is 2.00 bits per heavy atom. The van der Waals surface area contributed by atoms with Crippen LogP contribution in [-0.2, 0) is 9.53 Å². The fraction of sp³-hybridized carbons (Fsp3) is 0.750. The lowest BCUT2D eigenvalue weighted by Crippen LogP contribution is -2.11. The first-order chi connectivity index (χ1) is 5.41. The molecule has 0 bridgehead atoms. The summed E-state index contributed by atoms with van der Waals surface area (Å²) in [7, 11) is 3.27. The van der Waals surface area contributed by atoms with E-state index >= 15 is 0 Å². The van der Waals surface area contributed by atoms with E-state index in [1.165, 1.54) is 0 Å². The fourth-order valence-corrected chi connectivity index (χ4v) is 0.822. The number of amides is 1. The van der Waals surface area contributed by atoms with Gasteiger partial charge in [0.1, 0.15) is 0 Å². The highest BCUT2D eigenvalue weighted by Gasteiger charge is 1.88. The number of hydrogen-bond donors (Lipinski definition) is 1. The topological polar surface area (TPSA) is 38.3 Å². The highest BCUT2D eigenvalue weighted by Crippen LogP contribution is 1.98. The summed E-state index contributed by atoms with van der Waals surface area (Å²) in [5, 5.41) is 2.49. The first-order valence-corrected chi connectivity index (χ1v) is 3.89. The molecule has 0 saturated carbocycles. The van der Waals surface area contributed by atoms with Gasteiger partial charge in [-0.2, -0.15) is 0 Å². The molecule has 0 spiro atoms. The van der Waals surface area contributed by atoms with Gasteiger partial charge in [-0.25, -0.2) is 0 Å². The molecule has 0 unspecified atom stereocenters. The van der Waals surface area contributed by atoms with Crippen LogP contribution in [0.25, 0.3) is 0 Å². The Labute approximate surface area is 68.1 Å². The molecule has 0 saturated heterocycles. The molecule has 11 heavy (non-hydrogen) atoms. The molecule has 0 aliphatic carbocycles. The molecule has 0 atom stereocenters. The molecule has 0 aliphatic rings. The SMILES string of the molecule is [CH2]OCCCCCCN[C]=O. The van der Waals surface area contributed by atoms with E-state index in [2.05, 4.69) is 17.2 Å². The summed E-state index contributed by atoms with van der Waals surface area (Å²) in [5.74, 6) is 0. The lowest BCUT2D eigenvalue weighted by molar-refractivity contribution is 0.233. The van der Waals surface area contributed by atoms with Crippen molar-refractivity contribution < 1.29 is 9.53 Å². The van der Waals surface area contributed by atoms with Crippen molar-refractivity contribution in [1.29, 1.82) is 0 Å². The minimum Gasteiger partial charge on any atom is -0.379 e. The van der Waals surface area contributed by atoms with E-state index in [9.17, 15) is 4.79 Å². The molecule has 0 fully saturated rings. The second kappa shape index (κ2) is 9.43. The van der Waals surface area contributed by atoms with E-state index in [1.807, 2.05) is 0 Å². The molecular formula is C8H15NO2. The largest absolute Gasteiger partial charge is 0.379 e. The third kappa shape index (κ3) is 9.43. The monoisotopic (exact) mass is 157 g/mol. The van der Waals surface area contributed by atoms with Gasteiger partial charge in [-0.05, 0) is 12.8 Å². The lowest BCUT2D eigenvalue weighted by Gasteiger charge is -1.98. The molecule has 0 aromatic rings.